The Morgan fingerprint density at radius 1 is 0.688 bits per heavy atom. The molecule has 4 rings (SSSR count). The first-order chi connectivity index (χ1) is 15.1. The summed E-state index contributed by atoms with van der Waals surface area (Å²) in [6.07, 6.45) is 1.95. The molecule has 32 heavy (non-hydrogen) atoms. The van der Waals surface area contributed by atoms with Gasteiger partial charge in [0.25, 0.3) is 12.1 Å². The third kappa shape index (κ3) is 4.49. The third-order valence-electron chi connectivity index (χ3n) is 7.28. The molecular weight excluding hydrogens is 468 g/mol. The molecule has 0 aliphatic heterocycles. The molecule has 4 bridgehead atoms. The molecule has 8 atom stereocenters. The molecule has 0 aromatic heterocycles. The van der Waals surface area contributed by atoms with Gasteiger partial charge in [0.15, 0.2) is 12.2 Å². The first-order valence-electron chi connectivity index (χ1n) is 11.1. The fraction of sp³-hybridized carbons (Fsp3) is 1.00. The minimum atomic E-state index is -4.30. The second-order valence-corrected chi connectivity index (χ2v) is 11.5. The Kier molecular flexibility index (Phi) is 6.73. The summed E-state index contributed by atoms with van der Waals surface area (Å²) in [6.45, 7) is 2.79. The molecule has 0 saturated heterocycles. The van der Waals surface area contributed by atoms with Gasteiger partial charge < -0.3 is 10.4 Å². The van der Waals surface area contributed by atoms with Gasteiger partial charge in [-0.3, -0.25) is 0 Å². The van der Waals surface area contributed by atoms with Crippen LogP contribution in [0.25, 0.3) is 0 Å². The molecular formula is C18H30N2O10S2. The average molecular weight is 499 g/mol. The molecule has 0 N–H and O–H groups in total. The summed E-state index contributed by atoms with van der Waals surface area (Å²) in [7, 11) is -8.61. The van der Waals surface area contributed by atoms with Crippen LogP contribution in [-0.4, -0.2) is 64.1 Å². The molecule has 4 fully saturated rings. The van der Waals surface area contributed by atoms with Crippen molar-refractivity contribution in [3.8, 4) is 0 Å². The molecule has 0 radical (unpaired) electrons. The highest BCUT2D eigenvalue weighted by atomic mass is 32.3. The predicted molar refractivity (Wildman–Crippen MR) is 107 cm³/mol. The number of hydrogen-bond donors (Lipinski definition) is 0. The highest BCUT2D eigenvalue weighted by Gasteiger charge is 2.62. The van der Waals surface area contributed by atoms with Gasteiger partial charge in [0, 0.05) is 21.6 Å². The molecule has 0 aromatic carbocycles. The van der Waals surface area contributed by atoms with Gasteiger partial charge in [-0.25, -0.2) is 16.7 Å². The topological polar surface area (TPSA) is 157 Å². The number of azo groups is 1. The normalized spacial score (nSPS) is 39.6. The minimum Gasteiger partial charge on any atom is -0.567 e. The van der Waals surface area contributed by atoms with Crippen molar-refractivity contribution in [2.24, 2.45) is 23.7 Å². The maximum absolute atomic E-state index is 13.3. The van der Waals surface area contributed by atoms with E-state index < -0.39 is 45.1 Å². The maximum Gasteiger partial charge on any atom is 0.400 e. The number of fused-ring (bicyclic) bond motifs is 4. The molecule has 0 amide bonds. The van der Waals surface area contributed by atoms with Gasteiger partial charge in [0.05, 0.1) is 13.2 Å². The standard InChI is InChI=1S/C18H30N2O10S2/c1-3-27-31(23,24)29-17-13-7-5-11(9-13)15(17)19(21)20(22)16-12-6-8-14(10-12)18(16)30-32(25,26)28-4-2/h11-18H,3-10H2,1-2H3/b20-19+/t11-,12-,13+,14+,15+,16+,17-,18-/m0/s1. The fourth-order valence-corrected chi connectivity index (χ4v) is 7.95. The smallest absolute Gasteiger partial charge is 0.400 e. The predicted octanol–water partition coefficient (Wildman–Crippen LogP) is 1.39. The molecule has 0 aromatic rings. The molecule has 0 spiro atoms. The fourth-order valence-electron chi connectivity index (χ4n) is 6.18. The van der Waals surface area contributed by atoms with Crippen LogP contribution in [0.1, 0.15) is 52.4 Å². The molecule has 4 aliphatic carbocycles. The summed E-state index contributed by atoms with van der Waals surface area (Å²) in [4.78, 5) is 0.510. The van der Waals surface area contributed by atoms with Gasteiger partial charge in [0.1, 0.15) is 0 Å². The van der Waals surface area contributed by atoms with Gasteiger partial charge in [-0.1, -0.05) is 0 Å². The number of nitrogens with zero attached hydrogens (tertiary/aromatic N) is 2. The molecule has 14 heteroatoms. The lowest BCUT2D eigenvalue weighted by molar-refractivity contribution is -1.00. The zero-order chi connectivity index (χ0) is 23.3. The largest absolute Gasteiger partial charge is 0.567 e. The maximum atomic E-state index is 13.3. The van der Waals surface area contributed by atoms with Crippen LogP contribution in [0.3, 0.4) is 0 Å². The van der Waals surface area contributed by atoms with Gasteiger partial charge in [-0.05, 0) is 64.2 Å². The quantitative estimate of drug-likeness (QED) is 0.245. The van der Waals surface area contributed by atoms with Gasteiger partial charge >= 0.3 is 20.8 Å². The van der Waals surface area contributed by atoms with Crippen molar-refractivity contribution in [3.05, 3.63) is 10.4 Å². The Morgan fingerprint density at radius 2 is 1.03 bits per heavy atom. The molecule has 184 valence electrons. The van der Waals surface area contributed by atoms with Crippen molar-refractivity contribution >= 4 is 20.8 Å². The Morgan fingerprint density at radius 3 is 1.38 bits per heavy atom. The van der Waals surface area contributed by atoms with Crippen LogP contribution in [0.15, 0.2) is 0 Å². The summed E-state index contributed by atoms with van der Waals surface area (Å²) < 4.78 is 68.0. The van der Waals surface area contributed by atoms with Crippen molar-refractivity contribution < 1.29 is 43.3 Å². The van der Waals surface area contributed by atoms with Crippen molar-refractivity contribution in [2.45, 2.75) is 76.7 Å². The van der Waals surface area contributed by atoms with Gasteiger partial charge in [-0.2, -0.15) is 16.8 Å². The van der Waals surface area contributed by atoms with E-state index in [1.807, 2.05) is 0 Å². The van der Waals surface area contributed by atoms with E-state index in [4.69, 9.17) is 8.37 Å². The molecule has 0 unspecified atom stereocenters. The van der Waals surface area contributed by atoms with Crippen molar-refractivity contribution in [1.82, 2.24) is 0 Å². The first-order valence-corrected chi connectivity index (χ1v) is 13.8. The molecule has 4 saturated carbocycles. The van der Waals surface area contributed by atoms with E-state index in [9.17, 15) is 27.3 Å². The molecule has 0 heterocycles. The van der Waals surface area contributed by atoms with Crippen LogP contribution in [0.4, 0.5) is 0 Å². The number of hydrogen-bond acceptors (Lipinski definition) is 10. The lowest BCUT2D eigenvalue weighted by atomic mass is 9.92. The number of hydroxylamine groups is 2. The van der Waals surface area contributed by atoms with Crippen molar-refractivity contribution in [2.75, 3.05) is 13.2 Å². The van der Waals surface area contributed by atoms with Crippen LogP contribution >= 0.6 is 0 Å². The van der Waals surface area contributed by atoms with E-state index in [1.54, 1.807) is 0 Å². The summed E-state index contributed by atoms with van der Waals surface area (Å²) in [5.41, 5.74) is 0. The summed E-state index contributed by atoms with van der Waals surface area (Å²) in [6, 6.07) is -1.99. The van der Waals surface area contributed by atoms with E-state index in [0.29, 0.717) is 38.5 Å². The highest BCUT2D eigenvalue weighted by Crippen LogP contribution is 2.50. The summed E-state index contributed by atoms with van der Waals surface area (Å²) in [5.74, 6) is -0.729. The van der Waals surface area contributed by atoms with E-state index in [1.165, 1.54) is 13.8 Å². The molecule has 12 nitrogen and oxygen atoms in total. The average Bonchev–Trinajstić information content (AvgIpc) is 3.47. The van der Waals surface area contributed by atoms with E-state index in [2.05, 4.69) is 8.37 Å². The summed E-state index contributed by atoms with van der Waals surface area (Å²) in [5, 5.41) is 26.5. The van der Waals surface area contributed by atoms with Crippen LogP contribution in [0, 0.1) is 34.1 Å². The second-order valence-electron chi connectivity index (χ2n) is 9.00. The first kappa shape index (κ1) is 24.1. The lowest BCUT2D eigenvalue weighted by Crippen LogP contribution is -2.50. The van der Waals surface area contributed by atoms with Crippen LogP contribution in [0.2, 0.25) is 0 Å². The monoisotopic (exact) mass is 498 g/mol. The van der Waals surface area contributed by atoms with Crippen LogP contribution in [0.5, 0.6) is 0 Å². The Labute approximate surface area is 188 Å². The third-order valence-corrected chi connectivity index (χ3v) is 9.25. The van der Waals surface area contributed by atoms with Gasteiger partial charge in [-0.15, -0.1) is 0 Å². The summed E-state index contributed by atoms with van der Waals surface area (Å²) >= 11 is 0. The van der Waals surface area contributed by atoms with Gasteiger partial charge in [0.2, 0.25) is 0 Å². The van der Waals surface area contributed by atoms with Crippen LogP contribution in [-0.2, 0) is 37.5 Å². The second kappa shape index (κ2) is 8.95. The molecule has 4 aliphatic rings. The number of rotatable bonds is 10. The Balaban J connectivity index is 1.61. The lowest BCUT2D eigenvalue weighted by Gasteiger charge is -2.29. The Hall–Kier alpha value is -1.06. The highest BCUT2D eigenvalue weighted by molar-refractivity contribution is 7.82. The van der Waals surface area contributed by atoms with E-state index >= 15 is 0 Å². The SMILES string of the molecule is CCOS(=O)(=O)O[C@H]1[C@@H]2CC[C@@H](C2)[C@H]1/[N+]([O-])=[N+](\[O-])[C@@H]1[C@H]2CC[C@H](C2)[C@@H]1OS(=O)(=O)OCC. The minimum absolute atomic E-state index is 0.110. The van der Waals surface area contributed by atoms with E-state index in [-0.39, 0.29) is 46.6 Å². The van der Waals surface area contributed by atoms with Crippen LogP contribution < -0.4 is 0 Å². The van der Waals surface area contributed by atoms with E-state index in [0.717, 1.165) is 0 Å². The van der Waals surface area contributed by atoms with Crippen molar-refractivity contribution in [1.29, 1.82) is 0 Å². The Bertz CT molecular complexity index is 877. The van der Waals surface area contributed by atoms with Crippen molar-refractivity contribution in [3.63, 3.8) is 0 Å². The zero-order valence-corrected chi connectivity index (χ0v) is 19.7. The zero-order valence-electron chi connectivity index (χ0n) is 18.1.